The number of piperidine rings is 2. The third-order valence-electron chi connectivity index (χ3n) is 6.39. The molecule has 1 N–H and O–H groups in total. The number of hydrogen-bond donors (Lipinski definition) is 1. The molecule has 2 saturated heterocycles. The molecule has 1 unspecified atom stereocenters. The maximum Gasteiger partial charge on any atom is 0.0811 e. The summed E-state index contributed by atoms with van der Waals surface area (Å²) in [4.78, 5) is 9.56. The quantitative estimate of drug-likeness (QED) is 0.853. The second-order valence-corrected chi connectivity index (χ2v) is 9.35. The second-order valence-electron chi connectivity index (χ2n) is 8.63. The Hall–Kier alpha value is -1.43. The Bertz CT molecular complexity index is 715. The summed E-state index contributed by atoms with van der Waals surface area (Å²) in [6, 6.07) is 9.52. The lowest BCUT2D eigenvalue weighted by Gasteiger charge is -2.45. The van der Waals surface area contributed by atoms with E-state index in [1.54, 1.807) is 11.3 Å². The van der Waals surface area contributed by atoms with Gasteiger partial charge < -0.3 is 10.0 Å². The van der Waals surface area contributed by atoms with Crippen molar-refractivity contribution in [2.24, 2.45) is 5.92 Å². The maximum absolute atomic E-state index is 10.4. The van der Waals surface area contributed by atoms with E-state index in [-0.39, 0.29) is 0 Å². The Morgan fingerprint density at radius 3 is 2.44 bits per heavy atom. The molecule has 1 aromatic heterocycles. The van der Waals surface area contributed by atoms with Crippen molar-refractivity contribution >= 4 is 17.0 Å². The van der Waals surface area contributed by atoms with E-state index in [1.165, 1.54) is 37.1 Å². The SMILES string of the molecule is CC(C)(O)C1CCCN(C2CCN(c3ccc(-c4cscn4)cc3)CC2)C1. The van der Waals surface area contributed by atoms with Gasteiger partial charge in [0.15, 0.2) is 0 Å². The highest BCUT2D eigenvalue weighted by Crippen LogP contribution is 2.31. The van der Waals surface area contributed by atoms with E-state index in [0.717, 1.165) is 31.7 Å². The van der Waals surface area contributed by atoms with E-state index in [0.29, 0.717) is 12.0 Å². The Labute approximate surface area is 166 Å². The van der Waals surface area contributed by atoms with Crippen LogP contribution in [0.1, 0.15) is 39.5 Å². The molecule has 4 nitrogen and oxygen atoms in total. The number of benzene rings is 1. The third-order valence-corrected chi connectivity index (χ3v) is 6.98. The van der Waals surface area contributed by atoms with Gasteiger partial charge in [0.2, 0.25) is 0 Å². The van der Waals surface area contributed by atoms with Crippen LogP contribution in [0.3, 0.4) is 0 Å². The van der Waals surface area contributed by atoms with Crippen LogP contribution in [0.5, 0.6) is 0 Å². The number of nitrogens with zero attached hydrogens (tertiary/aromatic N) is 3. The summed E-state index contributed by atoms with van der Waals surface area (Å²) in [5, 5.41) is 12.5. The lowest BCUT2D eigenvalue weighted by molar-refractivity contribution is -0.0289. The molecule has 0 spiro atoms. The van der Waals surface area contributed by atoms with Crippen LogP contribution in [-0.2, 0) is 0 Å². The Morgan fingerprint density at radius 2 is 1.81 bits per heavy atom. The zero-order chi connectivity index (χ0) is 18.9. The molecule has 1 aromatic carbocycles. The number of hydrogen-bond acceptors (Lipinski definition) is 5. The molecule has 0 bridgehead atoms. The van der Waals surface area contributed by atoms with Gasteiger partial charge in [-0.2, -0.15) is 0 Å². The first-order valence-electron chi connectivity index (χ1n) is 10.2. The van der Waals surface area contributed by atoms with Gasteiger partial charge in [0, 0.05) is 42.3 Å². The summed E-state index contributed by atoms with van der Waals surface area (Å²) in [5.41, 5.74) is 4.91. The molecule has 2 aliphatic rings. The first-order valence-corrected chi connectivity index (χ1v) is 11.1. The van der Waals surface area contributed by atoms with Crippen LogP contribution in [0.2, 0.25) is 0 Å². The number of rotatable bonds is 4. The molecule has 0 aliphatic carbocycles. The first kappa shape index (κ1) is 18.9. The minimum atomic E-state index is -0.557. The topological polar surface area (TPSA) is 39.6 Å². The minimum absolute atomic E-state index is 0.405. The van der Waals surface area contributed by atoms with Crippen molar-refractivity contribution in [3.63, 3.8) is 0 Å². The van der Waals surface area contributed by atoms with Crippen molar-refractivity contribution in [2.45, 2.75) is 51.2 Å². The molecule has 3 heterocycles. The molecule has 2 aromatic rings. The average molecular weight is 386 g/mol. The summed E-state index contributed by atoms with van der Waals surface area (Å²) in [5.74, 6) is 0.405. The highest BCUT2D eigenvalue weighted by atomic mass is 32.1. The molecule has 4 rings (SSSR count). The number of thiazole rings is 1. The van der Waals surface area contributed by atoms with E-state index >= 15 is 0 Å². The van der Waals surface area contributed by atoms with Crippen LogP contribution in [0.25, 0.3) is 11.3 Å². The Balaban J connectivity index is 1.33. The molecule has 0 saturated carbocycles. The van der Waals surface area contributed by atoms with Gasteiger partial charge in [0.1, 0.15) is 0 Å². The number of likely N-dealkylation sites (tertiary alicyclic amines) is 1. The highest BCUT2D eigenvalue weighted by molar-refractivity contribution is 7.07. The summed E-state index contributed by atoms with van der Waals surface area (Å²) in [6.45, 7) is 8.42. The van der Waals surface area contributed by atoms with E-state index in [9.17, 15) is 5.11 Å². The predicted molar refractivity (Wildman–Crippen MR) is 113 cm³/mol. The molecular formula is C22H31N3OS. The van der Waals surface area contributed by atoms with Crippen molar-refractivity contribution in [3.05, 3.63) is 35.2 Å². The van der Waals surface area contributed by atoms with Gasteiger partial charge >= 0.3 is 0 Å². The van der Waals surface area contributed by atoms with Crippen LogP contribution in [0.4, 0.5) is 5.69 Å². The maximum atomic E-state index is 10.4. The standard InChI is InChI=1S/C22H31N3OS/c1-22(2,26)18-4-3-11-25(14-18)20-9-12-24(13-10-20)19-7-5-17(6-8-19)21-15-27-16-23-21/h5-8,15-16,18,20,26H,3-4,9-14H2,1-2H3. The van der Waals surface area contributed by atoms with E-state index < -0.39 is 5.60 Å². The monoisotopic (exact) mass is 385 g/mol. The first-order chi connectivity index (χ1) is 13.0. The van der Waals surface area contributed by atoms with Crippen LogP contribution in [0, 0.1) is 5.92 Å². The van der Waals surface area contributed by atoms with Gasteiger partial charge in [-0.3, -0.25) is 4.90 Å². The zero-order valence-electron chi connectivity index (χ0n) is 16.5. The lowest BCUT2D eigenvalue weighted by Crippen LogP contribution is -2.51. The molecular weight excluding hydrogens is 354 g/mol. The fourth-order valence-corrected chi connectivity index (χ4v) is 5.16. The predicted octanol–water partition coefficient (Wildman–Crippen LogP) is 4.26. The molecule has 146 valence electrons. The van der Waals surface area contributed by atoms with Crippen LogP contribution in [0.15, 0.2) is 35.2 Å². The van der Waals surface area contributed by atoms with Gasteiger partial charge in [-0.15, -0.1) is 11.3 Å². The van der Waals surface area contributed by atoms with E-state index in [2.05, 4.69) is 44.4 Å². The van der Waals surface area contributed by atoms with Gasteiger partial charge in [0.05, 0.1) is 16.8 Å². The number of aromatic nitrogens is 1. The van der Waals surface area contributed by atoms with Crippen molar-refractivity contribution in [1.29, 1.82) is 0 Å². The molecule has 1 atom stereocenters. The van der Waals surface area contributed by atoms with Gasteiger partial charge in [-0.1, -0.05) is 12.1 Å². The fourth-order valence-electron chi connectivity index (χ4n) is 4.60. The molecule has 27 heavy (non-hydrogen) atoms. The average Bonchev–Trinajstić information content (AvgIpc) is 3.23. The summed E-state index contributed by atoms with van der Waals surface area (Å²) >= 11 is 1.64. The van der Waals surface area contributed by atoms with E-state index in [1.807, 2.05) is 19.4 Å². The Kier molecular flexibility index (Phi) is 5.53. The summed E-state index contributed by atoms with van der Waals surface area (Å²) in [7, 11) is 0. The molecule has 2 fully saturated rings. The van der Waals surface area contributed by atoms with Crippen LogP contribution >= 0.6 is 11.3 Å². The molecule has 2 aliphatic heterocycles. The summed E-state index contributed by atoms with van der Waals surface area (Å²) in [6.07, 6.45) is 4.80. The zero-order valence-corrected chi connectivity index (χ0v) is 17.3. The Morgan fingerprint density at radius 1 is 1.07 bits per heavy atom. The van der Waals surface area contributed by atoms with Crippen molar-refractivity contribution in [3.8, 4) is 11.3 Å². The second kappa shape index (κ2) is 7.90. The molecule has 0 amide bonds. The number of anilines is 1. The minimum Gasteiger partial charge on any atom is -0.390 e. The van der Waals surface area contributed by atoms with Gasteiger partial charge in [-0.05, 0) is 64.1 Å². The van der Waals surface area contributed by atoms with Crippen molar-refractivity contribution in [1.82, 2.24) is 9.88 Å². The summed E-state index contributed by atoms with van der Waals surface area (Å²) < 4.78 is 0. The van der Waals surface area contributed by atoms with Crippen LogP contribution < -0.4 is 4.90 Å². The van der Waals surface area contributed by atoms with Gasteiger partial charge in [0.25, 0.3) is 0 Å². The van der Waals surface area contributed by atoms with E-state index in [4.69, 9.17) is 0 Å². The van der Waals surface area contributed by atoms with Crippen molar-refractivity contribution in [2.75, 3.05) is 31.1 Å². The normalized spacial score (nSPS) is 22.9. The number of aliphatic hydroxyl groups is 1. The molecule has 5 heteroatoms. The lowest BCUT2D eigenvalue weighted by atomic mass is 9.83. The van der Waals surface area contributed by atoms with Crippen LogP contribution in [-0.4, -0.2) is 52.8 Å². The van der Waals surface area contributed by atoms with Gasteiger partial charge in [-0.25, -0.2) is 4.98 Å². The highest BCUT2D eigenvalue weighted by Gasteiger charge is 2.34. The van der Waals surface area contributed by atoms with Crippen molar-refractivity contribution < 1.29 is 5.11 Å². The largest absolute Gasteiger partial charge is 0.390 e. The fraction of sp³-hybridized carbons (Fsp3) is 0.591. The smallest absolute Gasteiger partial charge is 0.0811 e. The third kappa shape index (κ3) is 4.36. The molecule has 0 radical (unpaired) electrons.